The predicted octanol–water partition coefficient (Wildman–Crippen LogP) is 5.09. The summed E-state index contributed by atoms with van der Waals surface area (Å²) in [7, 11) is 0. The summed E-state index contributed by atoms with van der Waals surface area (Å²) < 4.78 is 11.4. The summed E-state index contributed by atoms with van der Waals surface area (Å²) in [6.07, 6.45) is 0. The van der Waals surface area contributed by atoms with Gasteiger partial charge in [-0.1, -0.05) is 56.3 Å². The zero-order chi connectivity index (χ0) is 25.7. The van der Waals surface area contributed by atoms with Gasteiger partial charge in [0.25, 0.3) is 5.91 Å². The van der Waals surface area contributed by atoms with E-state index in [4.69, 9.17) is 9.15 Å². The lowest BCUT2D eigenvalue weighted by Crippen LogP contribution is -2.38. The van der Waals surface area contributed by atoms with E-state index in [1.165, 1.54) is 0 Å². The lowest BCUT2D eigenvalue weighted by atomic mass is 9.95. The molecular formula is C29H32N2O5. The Hall–Kier alpha value is -3.84. The van der Waals surface area contributed by atoms with E-state index >= 15 is 0 Å². The van der Waals surface area contributed by atoms with Crippen molar-refractivity contribution in [3.63, 3.8) is 0 Å². The van der Waals surface area contributed by atoms with Gasteiger partial charge in [0.05, 0.1) is 11.6 Å². The van der Waals surface area contributed by atoms with Crippen LogP contribution < -0.4 is 4.74 Å². The predicted molar refractivity (Wildman–Crippen MR) is 137 cm³/mol. The Morgan fingerprint density at radius 1 is 1.03 bits per heavy atom. The third kappa shape index (κ3) is 5.36. The molecule has 1 amide bonds. The molecule has 2 heterocycles. The number of aryl methyl sites for hydroxylation is 1. The third-order valence-electron chi connectivity index (χ3n) is 6.51. The molecule has 1 N–H and O–H groups in total. The van der Waals surface area contributed by atoms with E-state index in [9.17, 15) is 14.7 Å². The van der Waals surface area contributed by atoms with Gasteiger partial charge in [-0.15, -0.1) is 0 Å². The van der Waals surface area contributed by atoms with Crippen molar-refractivity contribution in [3.05, 3.63) is 101 Å². The maximum Gasteiger partial charge on any atom is 0.290 e. The van der Waals surface area contributed by atoms with Crippen LogP contribution in [0.2, 0.25) is 0 Å². The monoisotopic (exact) mass is 488 g/mol. The highest BCUT2D eigenvalue weighted by Crippen LogP contribution is 2.39. The third-order valence-corrected chi connectivity index (χ3v) is 6.51. The van der Waals surface area contributed by atoms with Crippen LogP contribution in [0.4, 0.5) is 0 Å². The van der Waals surface area contributed by atoms with Gasteiger partial charge in [0.1, 0.15) is 18.1 Å². The van der Waals surface area contributed by atoms with E-state index in [1.54, 1.807) is 24.0 Å². The second kappa shape index (κ2) is 11.3. The average molecular weight is 489 g/mol. The number of likely N-dealkylation sites (N-methyl/N-ethyl adjacent to an activating group) is 1. The molecule has 0 radical (unpaired) electrons. The smallest absolute Gasteiger partial charge is 0.290 e. The number of hydrogen-bond acceptors (Lipinski definition) is 6. The number of aliphatic hydroxyl groups excluding tert-OH is 1. The van der Waals surface area contributed by atoms with Crippen LogP contribution in [0.5, 0.6) is 5.75 Å². The first-order valence-corrected chi connectivity index (χ1v) is 12.3. The van der Waals surface area contributed by atoms with Crippen molar-refractivity contribution in [3.8, 4) is 5.75 Å². The molecule has 0 bridgehead atoms. The fourth-order valence-corrected chi connectivity index (χ4v) is 4.43. The van der Waals surface area contributed by atoms with E-state index in [-0.39, 0.29) is 11.3 Å². The van der Waals surface area contributed by atoms with Gasteiger partial charge in [0.2, 0.25) is 5.78 Å². The first kappa shape index (κ1) is 25.3. The molecule has 188 valence electrons. The molecule has 1 unspecified atom stereocenters. The lowest BCUT2D eigenvalue weighted by Gasteiger charge is -2.29. The Kier molecular flexibility index (Phi) is 7.90. The molecule has 0 saturated carbocycles. The molecule has 36 heavy (non-hydrogen) atoms. The number of carbonyl (C=O) groups is 2. The molecule has 0 fully saturated rings. The van der Waals surface area contributed by atoms with Crippen LogP contribution in [0.25, 0.3) is 0 Å². The Balaban J connectivity index is 1.62. The molecule has 1 atom stereocenters. The van der Waals surface area contributed by atoms with Gasteiger partial charge in [-0.3, -0.25) is 9.59 Å². The highest BCUT2D eigenvalue weighted by atomic mass is 16.5. The standard InChI is InChI=1S/C29H32N2O5/c1-4-30(5-2)17-18-31-26(25(28(33)29(31)34)27(32)24-16-11-20(3)36-24)22-12-14-23(15-13-22)35-19-21-9-7-6-8-10-21/h6-16,26,33H,4-5,17-19H2,1-3H3. The van der Waals surface area contributed by atoms with Crippen LogP contribution in [0.3, 0.4) is 0 Å². The molecule has 0 saturated heterocycles. The summed E-state index contributed by atoms with van der Waals surface area (Å²) in [5.41, 5.74) is 1.80. The molecule has 3 aromatic rings. The number of amides is 1. The minimum atomic E-state index is -0.728. The van der Waals surface area contributed by atoms with Crippen LogP contribution in [0.15, 0.2) is 82.5 Å². The van der Waals surface area contributed by atoms with Gasteiger partial charge in [-0.25, -0.2) is 0 Å². The molecule has 0 aliphatic carbocycles. The molecule has 2 aromatic carbocycles. The van der Waals surface area contributed by atoms with Gasteiger partial charge < -0.3 is 24.1 Å². The lowest BCUT2D eigenvalue weighted by molar-refractivity contribution is -0.129. The first-order chi connectivity index (χ1) is 17.4. The summed E-state index contributed by atoms with van der Waals surface area (Å²) in [6.45, 7) is 8.97. The number of furan rings is 1. The number of ketones is 1. The molecule has 0 spiro atoms. The molecule has 4 rings (SSSR count). The van der Waals surface area contributed by atoms with Crippen molar-refractivity contribution in [2.45, 2.75) is 33.4 Å². The topological polar surface area (TPSA) is 83.2 Å². The maximum atomic E-state index is 13.4. The quantitative estimate of drug-likeness (QED) is 0.379. The number of hydrogen-bond donors (Lipinski definition) is 1. The Morgan fingerprint density at radius 3 is 2.33 bits per heavy atom. The highest BCUT2D eigenvalue weighted by molar-refractivity contribution is 6.15. The largest absolute Gasteiger partial charge is 0.503 e. The molecule has 1 aliphatic rings. The minimum Gasteiger partial charge on any atom is -0.503 e. The van der Waals surface area contributed by atoms with Crippen LogP contribution in [0.1, 0.15) is 47.3 Å². The molecule has 1 aromatic heterocycles. The van der Waals surface area contributed by atoms with E-state index in [2.05, 4.69) is 18.7 Å². The minimum absolute atomic E-state index is 0.0341. The number of aliphatic hydroxyl groups is 1. The number of nitrogens with zero attached hydrogens (tertiary/aromatic N) is 2. The summed E-state index contributed by atoms with van der Waals surface area (Å²) in [6, 6.07) is 19.7. The number of rotatable bonds is 11. The number of benzene rings is 2. The number of ether oxygens (including phenoxy) is 1. The molecular weight excluding hydrogens is 456 g/mol. The average Bonchev–Trinajstić information content (AvgIpc) is 3.45. The van der Waals surface area contributed by atoms with Gasteiger partial charge in [0, 0.05) is 13.1 Å². The van der Waals surface area contributed by atoms with Gasteiger partial charge in [-0.05, 0) is 55.4 Å². The fraction of sp³-hybridized carbons (Fsp3) is 0.310. The van der Waals surface area contributed by atoms with Crippen LogP contribution in [-0.4, -0.2) is 52.8 Å². The SMILES string of the molecule is CCN(CC)CCN1C(=O)C(O)=C(C(=O)c2ccc(C)o2)C1c1ccc(OCc2ccccc2)cc1. The first-order valence-electron chi connectivity index (χ1n) is 12.3. The van der Waals surface area contributed by atoms with Gasteiger partial charge >= 0.3 is 0 Å². The number of carbonyl (C=O) groups excluding carboxylic acids is 2. The van der Waals surface area contributed by atoms with Crippen molar-refractivity contribution in [1.29, 1.82) is 0 Å². The zero-order valence-electron chi connectivity index (χ0n) is 20.9. The summed E-state index contributed by atoms with van der Waals surface area (Å²) in [4.78, 5) is 30.3. The molecule has 7 nitrogen and oxygen atoms in total. The zero-order valence-corrected chi connectivity index (χ0v) is 20.9. The summed E-state index contributed by atoms with van der Waals surface area (Å²) in [5.74, 6) is -0.220. The van der Waals surface area contributed by atoms with Gasteiger partial charge in [0.15, 0.2) is 11.5 Å². The second-order valence-corrected chi connectivity index (χ2v) is 8.77. The fourth-order valence-electron chi connectivity index (χ4n) is 4.43. The van der Waals surface area contributed by atoms with Crippen molar-refractivity contribution in [2.24, 2.45) is 0 Å². The van der Waals surface area contributed by atoms with Crippen LogP contribution in [-0.2, 0) is 11.4 Å². The summed E-state index contributed by atoms with van der Waals surface area (Å²) in [5, 5.41) is 10.8. The number of Topliss-reactive ketones (excluding diaryl/α,β-unsaturated/α-hetero) is 1. The van der Waals surface area contributed by atoms with Crippen molar-refractivity contribution in [2.75, 3.05) is 26.2 Å². The van der Waals surface area contributed by atoms with E-state index in [0.717, 1.165) is 18.7 Å². The Bertz CT molecular complexity index is 1230. The van der Waals surface area contributed by atoms with Crippen LogP contribution >= 0.6 is 0 Å². The second-order valence-electron chi connectivity index (χ2n) is 8.77. The van der Waals surface area contributed by atoms with E-state index < -0.39 is 23.5 Å². The van der Waals surface area contributed by atoms with Crippen molar-refractivity contribution >= 4 is 11.7 Å². The normalized spacial score (nSPS) is 15.7. The van der Waals surface area contributed by atoms with Crippen LogP contribution in [0, 0.1) is 6.92 Å². The summed E-state index contributed by atoms with van der Waals surface area (Å²) >= 11 is 0. The van der Waals surface area contributed by atoms with Crippen molar-refractivity contribution in [1.82, 2.24) is 9.80 Å². The van der Waals surface area contributed by atoms with Crippen molar-refractivity contribution < 1.29 is 23.8 Å². The Labute approximate surface area is 211 Å². The van der Waals surface area contributed by atoms with E-state index in [0.29, 0.717) is 36.8 Å². The highest BCUT2D eigenvalue weighted by Gasteiger charge is 2.44. The van der Waals surface area contributed by atoms with E-state index in [1.807, 2.05) is 54.6 Å². The Morgan fingerprint density at radius 2 is 1.72 bits per heavy atom. The maximum absolute atomic E-state index is 13.4. The molecule has 1 aliphatic heterocycles. The molecule has 7 heteroatoms. The van der Waals surface area contributed by atoms with Gasteiger partial charge in [-0.2, -0.15) is 0 Å².